The maximum absolute atomic E-state index is 13.3. The Bertz CT molecular complexity index is 519. The molecule has 1 heterocycles. The Morgan fingerprint density at radius 1 is 1.42 bits per heavy atom. The number of carbonyl (C=O) groups is 2. The summed E-state index contributed by atoms with van der Waals surface area (Å²) >= 11 is 0. The molecule has 2 rings (SSSR count). The van der Waals surface area contributed by atoms with Crippen molar-refractivity contribution in [1.82, 2.24) is 4.90 Å². The highest BCUT2D eigenvalue weighted by molar-refractivity contribution is 5.95. The van der Waals surface area contributed by atoms with Gasteiger partial charge in [-0.1, -0.05) is 0 Å². The van der Waals surface area contributed by atoms with Gasteiger partial charge in [0, 0.05) is 18.7 Å². The van der Waals surface area contributed by atoms with Crippen LogP contribution in [0.3, 0.4) is 0 Å². The highest BCUT2D eigenvalue weighted by Gasteiger charge is 2.28. The monoisotopic (exact) mass is 266 g/mol. The standard InChI is InChI=1S/C13H15FN2O3/c14-10-6-8(3-4-11(10)15)12(17)16-5-1-2-9(7-16)13(18)19/h3-4,6,9H,1-2,5,7,15H2,(H,18,19)/t9-/m1/s1. The van der Waals surface area contributed by atoms with Gasteiger partial charge in [0.05, 0.1) is 11.6 Å². The SMILES string of the molecule is Nc1ccc(C(=O)N2CCC[C@@H](C(=O)O)C2)cc1F. The Hall–Kier alpha value is -2.11. The summed E-state index contributed by atoms with van der Waals surface area (Å²) in [5, 5.41) is 8.97. The molecule has 1 aromatic carbocycles. The Labute approximate surface area is 109 Å². The zero-order chi connectivity index (χ0) is 14.0. The van der Waals surface area contributed by atoms with Crippen molar-refractivity contribution in [2.45, 2.75) is 12.8 Å². The smallest absolute Gasteiger partial charge is 0.308 e. The molecule has 0 aliphatic carbocycles. The van der Waals surface area contributed by atoms with Gasteiger partial charge in [0.2, 0.25) is 0 Å². The lowest BCUT2D eigenvalue weighted by Crippen LogP contribution is -2.42. The van der Waals surface area contributed by atoms with Crippen molar-refractivity contribution in [3.8, 4) is 0 Å². The summed E-state index contributed by atoms with van der Waals surface area (Å²) < 4.78 is 13.3. The molecular weight excluding hydrogens is 251 g/mol. The molecule has 102 valence electrons. The van der Waals surface area contributed by atoms with Gasteiger partial charge in [0.1, 0.15) is 5.82 Å². The number of hydrogen-bond acceptors (Lipinski definition) is 3. The number of anilines is 1. The summed E-state index contributed by atoms with van der Waals surface area (Å²) in [7, 11) is 0. The zero-order valence-electron chi connectivity index (χ0n) is 10.3. The molecule has 0 radical (unpaired) electrons. The zero-order valence-corrected chi connectivity index (χ0v) is 10.3. The minimum absolute atomic E-state index is 0.0152. The number of likely N-dealkylation sites (tertiary alicyclic amines) is 1. The van der Waals surface area contributed by atoms with E-state index in [1.54, 1.807) is 0 Å². The number of piperidine rings is 1. The number of nitrogens with two attached hydrogens (primary N) is 1. The first-order valence-corrected chi connectivity index (χ1v) is 6.06. The number of aliphatic carboxylic acids is 1. The highest BCUT2D eigenvalue weighted by atomic mass is 19.1. The lowest BCUT2D eigenvalue weighted by atomic mass is 9.97. The number of carboxylic acid groups (broad SMARTS) is 1. The van der Waals surface area contributed by atoms with Gasteiger partial charge in [-0.25, -0.2) is 4.39 Å². The van der Waals surface area contributed by atoms with E-state index in [0.717, 1.165) is 6.07 Å². The van der Waals surface area contributed by atoms with Gasteiger partial charge in [0.15, 0.2) is 0 Å². The maximum Gasteiger partial charge on any atom is 0.308 e. The lowest BCUT2D eigenvalue weighted by Gasteiger charge is -2.30. The van der Waals surface area contributed by atoms with Crippen molar-refractivity contribution in [2.24, 2.45) is 5.92 Å². The number of carboxylic acids is 1. The van der Waals surface area contributed by atoms with Crippen molar-refractivity contribution < 1.29 is 19.1 Å². The van der Waals surface area contributed by atoms with Gasteiger partial charge >= 0.3 is 5.97 Å². The molecule has 1 atom stereocenters. The number of nitrogens with zero attached hydrogens (tertiary/aromatic N) is 1. The summed E-state index contributed by atoms with van der Waals surface area (Å²) in [6.45, 7) is 0.661. The van der Waals surface area contributed by atoms with Crippen molar-refractivity contribution >= 4 is 17.6 Å². The lowest BCUT2D eigenvalue weighted by molar-refractivity contribution is -0.143. The quantitative estimate of drug-likeness (QED) is 0.791. The predicted molar refractivity (Wildman–Crippen MR) is 67.1 cm³/mol. The molecule has 1 aromatic rings. The van der Waals surface area contributed by atoms with E-state index < -0.39 is 17.7 Å². The van der Waals surface area contributed by atoms with Gasteiger partial charge in [-0.3, -0.25) is 9.59 Å². The summed E-state index contributed by atoms with van der Waals surface area (Å²) in [6.07, 6.45) is 1.20. The molecule has 1 aliphatic heterocycles. The number of rotatable bonds is 2. The summed E-state index contributed by atoms with van der Waals surface area (Å²) in [6, 6.07) is 3.87. The van der Waals surface area contributed by atoms with Crippen LogP contribution in [-0.2, 0) is 4.79 Å². The van der Waals surface area contributed by atoms with Crippen molar-refractivity contribution in [2.75, 3.05) is 18.8 Å². The van der Waals surface area contributed by atoms with Crippen LogP contribution in [0, 0.1) is 11.7 Å². The van der Waals surface area contributed by atoms with Crippen molar-refractivity contribution in [3.63, 3.8) is 0 Å². The second-order valence-electron chi connectivity index (χ2n) is 4.66. The molecule has 19 heavy (non-hydrogen) atoms. The van der Waals surface area contributed by atoms with Crippen LogP contribution in [0.4, 0.5) is 10.1 Å². The average molecular weight is 266 g/mol. The van der Waals surface area contributed by atoms with Crippen LogP contribution in [0.15, 0.2) is 18.2 Å². The van der Waals surface area contributed by atoms with Crippen LogP contribution in [0.25, 0.3) is 0 Å². The number of halogens is 1. The fraction of sp³-hybridized carbons (Fsp3) is 0.385. The molecule has 1 fully saturated rings. The Morgan fingerprint density at radius 3 is 2.79 bits per heavy atom. The van der Waals surface area contributed by atoms with Gasteiger partial charge in [-0.2, -0.15) is 0 Å². The maximum atomic E-state index is 13.3. The van der Waals surface area contributed by atoms with Crippen LogP contribution in [0.5, 0.6) is 0 Å². The minimum atomic E-state index is -0.902. The summed E-state index contributed by atoms with van der Waals surface area (Å²) in [5.41, 5.74) is 5.53. The first kappa shape index (κ1) is 13.3. The Balaban J connectivity index is 2.14. The molecule has 1 saturated heterocycles. The van der Waals surface area contributed by atoms with Gasteiger partial charge < -0.3 is 15.7 Å². The molecule has 3 N–H and O–H groups in total. The van der Waals surface area contributed by atoms with Crippen LogP contribution < -0.4 is 5.73 Å². The summed E-state index contributed by atoms with van der Waals surface area (Å²) in [5.74, 6) is -2.44. The van der Waals surface area contributed by atoms with Crippen LogP contribution in [-0.4, -0.2) is 35.0 Å². The molecule has 0 bridgehead atoms. The van der Waals surface area contributed by atoms with Gasteiger partial charge in [-0.15, -0.1) is 0 Å². The topological polar surface area (TPSA) is 83.6 Å². The number of amides is 1. The molecule has 0 unspecified atom stereocenters. The molecular formula is C13H15FN2O3. The number of hydrogen-bond donors (Lipinski definition) is 2. The number of nitrogen functional groups attached to an aromatic ring is 1. The van der Waals surface area contributed by atoms with E-state index >= 15 is 0 Å². The van der Waals surface area contributed by atoms with Crippen molar-refractivity contribution in [3.05, 3.63) is 29.6 Å². The molecule has 0 spiro atoms. The van der Waals surface area contributed by atoms with Gasteiger partial charge in [-0.05, 0) is 31.0 Å². The average Bonchev–Trinajstić information content (AvgIpc) is 2.41. The van der Waals surface area contributed by atoms with E-state index in [4.69, 9.17) is 10.8 Å². The third kappa shape index (κ3) is 2.83. The van der Waals surface area contributed by atoms with Crippen molar-refractivity contribution in [1.29, 1.82) is 0 Å². The second-order valence-corrected chi connectivity index (χ2v) is 4.66. The van der Waals surface area contributed by atoms with Gasteiger partial charge in [0.25, 0.3) is 5.91 Å². The van der Waals surface area contributed by atoms with Crippen LogP contribution >= 0.6 is 0 Å². The minimum Gasteiger partial charge on any atom is -0.481 e. The Kier molecular flexibility index (Phi) is 3.69. The number of carbonyl (C=O) groups excluding carboxylic acids is 1. The molecule has 1 aliphatic rings. The molecule has 1 amide bonds. The molecule has 0 saturated carbocycles. The van der Waals surface area contributed by atoms with E-state index in [9.17, 15) is 14.0 Å². The third-order valence-electron chi connectivity index (χ3n) is 3.31. The molecule has 6 heteroatoms. The van der Waals surface area contributed by atoms with Crippen LogP contribution in [0.2, 0.25) is 0 Å². The fourth-order valence-electron chi connectivity index (χ4n) is 2.21. The van der Waals surface area contributed by atoms with E-state index in [0.29, 0.717) is 19.4 Å². The highest BCUT2D eigenvalue weighted by Crippen LogP contribution is 2.20. The predicted octanol–water partition coefficient (Wildman–Crippen LogP) is 1.34. The van der Waals surface area contributed by atoms with Crippen LogP contribution in [0.1, 0.15) is 23.2 Å². The normalized spacial score (nSPS) is 19.2. The first-order chi connectivity index (χ1) is 8.99. The van der Waals surface area contributed by atoms with E-state index in [1.165, 1.54) is 17.0 Å². The van der Waals surface area contributed by atoms with E-state index in [-0.39, 0.29) is 23.7 Å². The second kappa shape index (κ2) is 5.26. The van der Waals surface area contributed by atoms with E-state index in [1.807, 2.05) is 0 Å². The third-order valence-corrected chi connectivity index (χ3v) is 3.31. The molecule has 5 nitrogen and oxygen atoms in total. The number of benzene rings is 1. The first-order valence-electron chi connectivity index (χ1n) is 6.06. The molecule has 0 aromatic heterocycles. The fourth-order valence-corrected chi connectivity index (χ4v) is 2.21. The Morgan fingerprint density at radius 2 is 2.16 bits per heavy atom. The summed E-state index contributed by atoms with van der Waals surface area (Å²) in [4.78, 5) is 24.6. The van der Waals surface area contributed by atoms with E-state index in [2.05, 4.69) is 0 Å². The largest absolute Gasteiger partial charge is 0.481 e.